The third-order valence-corrected chi connectivity index (χ3v) is 5.46. The Morgan fingerprint density at radius 2 is 1.88 bits per heavy atom. The van der Waals surface area contributed by atoms with Crippen molar-refractivity contribution in [3.8, 4) is 0 Å². The van der Waals surface area contributed by atoms with E-state index >= 15 is 0 Å². The van der Waals surface area contributed by atoms with Gasteiger partial charge in [-0.1, -0.05) is 37.6 Å². The smallest absolute Gasteiger partial charge is 0.288 e. The van der Waals surface area contributed by atoms with Crippen molar-refractivity contribution in [2.45, 2.75) is 39.5 Å². The van der Waals surface area contributed by atoms with Gasteiger partial charge in [0, 0.05) is 12.2 Å². The van der Waals surface area contributed by atoms with Crippen molar-refractivity contribution < 1.29 is 13.9 Å². The van der Waals surface area contributed by atoms with Crippen LogP contribution >= 0.6 is 11.6 Å². The minimum Gasteiger partial charge on any atom is -0.407 e. The number of aliphatic imine (C=N–C) groups is 1. The molecule has 0 spiro atoms. The zero-order valence-electron chi connectivity index (χ0n) is 19.7. The fourth-order valence-electron chi connectivity index (χ4n) is 3.46. The molecule has 2 aromatic carbocycles. The number of carbonyl (C=O) groups is 1. The molecule has 1 fully saturated rings. The number of halogens is 2. The Balaban J connectivity index is 0.00000199. The van der Waals surface area contributed by atoms with Gasteiger partial charge >= 0.3 is 0 Å². The molecule has 0 aliphatic carbocycles. The summed E-state index contributed by atoms with van der Waals surface area (Å²) in [5, 5.41) is 10.9. The highest BCUT2D eigenvalue weighted by Gasteiger charge is 2.14. The number of nitrogens with zero attached hydrogens (tertiary/aromatic N) is 2. The predicted octanol–water partition coefficient (Wildman–Crippen LogP) is 5.29. The fourth-order valence-corrected chi connectivity index (χ4v) is 3.72. The van der Waals surface area contributed by atoms with Crippen molar-refractivity contribution in [1.29, 1.82) is 5.41 Å². The summed E-state index contributed by atoms with van der Waals surface area (Å²) in [5.41, 5.74) is 6.36. The Morgan fingerprint density at radius 1 is 1.18 bits per heavy atom. The molecule has 184 valence electrons. The van der Waals surface area contributed by atoms with E-state index in [1.54, 1.807) is 12.1 Å². The molecule has 7 nitrogen and oxygen atoms in total. The van der Waals surface area contributed by atoms with E-state index in [9.17, 15) is 9.18 Å². The van der Waals surface area contributed by atoms with Gasteiger partial charge in [0.05, 0.1) is 16.1 Å². The Bertz CT molecular complexity index is 993. The first-order chi connectivity index (χ1) is 16.4. The third-order valence-electron chi connectivity index (χ3n) is 5.15. The Hall–Kier alpha value is -2.97. The summed E-state index contributed by atoms with van der Waals surface area (Å²) >= 11 is 6.24. The lowest BCUT2D eigenvalue weighted by atomic mass is 10.1. The topological polar surface area (TPSA) is 104 Å². The van der Waals surface area contributed by atoms with E-state index < -0.39 is 11.7 Å². The van der Waals surface area contributed by atoms with Crippen LogP contribution in [0.5, 0.6) is 0 Å². The van der Waals surface area contributed by atoms with Gasteiger partial charge in [0.1, 0.15) is 5.82 Å². The number of anilines is 1. The van der Waals surface area contributed by atoms with Crippen LogP contribution in [0.15, 0.2) is 47.5 Å². The van der Waals surface area contributed by atoms with Crippen molar-refractivity contribution in [3.05, 3.63) is 64.4 Å². The molecule has 0 aromatic heterocycles. The van der Waals surface area contributed by atoms with Crippen LogP contribution in [0.1, 0.15) is 55.5 Å². The lowest BCUT2D eigenvalue weighted by Gasteiger charge is -2.13. The van der Waals surface area contributed by atoms with Crippen molar-refractivity contribution in [2.24, 2.45) is 10.7 Å². The Kier molecular flexibility index (Phi) is 11.5. The maximum Gasteiger partial charge on any atom is 0.288 e. The predicted molar refractivity (Wildman–Crippen MR) is 136 cm³/mol. The first kappa shape index (κ1) is 27.3. The first-order valence-corrected chi connectivity index (χ1v) is 12.0. The number of nitrogens with two attached hydrogens (primary N) is 1. The largest absolute Gasteiger partial charge is 0.407 e. The molecule has 1 aliphatic heterocycles. The second-order valence-electron chi connectivity index (χ2n) is 7.54. The molecule has 34 heavy (non-hydrogen) atoms. The molecule has 9 heteroatoms. The van der Waals surface area contributed by atoms with Gasteiger partial charge in [-0.2, -0.15) is 0 Å². The molecule has 0 saturated carbocycles. The SMILES string of the molecule is CC.N=C(OC(N)=NCCCCN1CCCC1)c1ccc(NC(=O)c2ccccc2F)cc1Cl. The van der Waals surface area contributed by atoms with Crippen molar-refractivity contribution >= 4 is 35.1 Å². The van der Waals surface area contributed by atoms with Gasteiger partial charge in [0.15, 0.2) is 0 Å². The number of amides is 1. The minimum atomic E-state index is -0.617. The quantitative estimate of drug-likeness (QED) is 0.266. The average molecular weight is 490 g/mol. The van der Waals surface area contributed by atoms with Gasteiger partial charge in [-0.25, -0.2) is 9.38 Å². The summed E-state index contributed by atoms with van der Waals surface area (Å²) in [4.78, 5) is 18.8. The summed E-state index contributed by atoms with van der Waals surface area (Å²) < 4.78 is 19.0. The first-order valence-electron chi connectivity index (χ1n) is 11.6. The van der Waals surface area contributed by atoms with Crippen LogP contribution in [0.3, 0.4) is 0 Å². The van der Waals surface area contributed by atoms with Crippen LogP contribution in [0, 0.1) is 11.2 Å². The number of nitrogens with one attached hydrogen (secondary N) is 2. The van der Waals surface area contributed by atoms with E-state index in [0.717, 1.165) is 19.4 Å². The number of hydrogen-bond donors (Lipinski definition) is 3. The van der Waals surface area contributed by atoms with Gasteiger partial charge < -0.3 is 20.7 Å². The highest BCUT2D eigenvalue weighted by atomic mass is 35.5. The maximum atomic E-state index is 13.8. The van der Waals surface area contributed by atoms with Gasteiger partial charge in [-0.05, 0) is 75.6 Å². The summed E-state index contributed by atoms with van der Waals surface area (Å²) in [7, 11) is 0. The molecule has 1 heterocycles. The van der Waals surface area contributed by atoms with Crippen LogP contribution in [0.4, 0.5) is 10.1 Å². The minimum absolute atomic E-state index is 0.0757. The zero-order chi connectivity index (χ0) is 24.9. The molecule has 0 unspecified atom stereocenters. The molecular formula is C25H33ClFN5O2. The van der Waals surface area contributed by atoms with Gasteiger partial charge in [0.25, 0.3) is 11.9 Å². The van der Waals surface area contributed by atoms with E-state index in [4.69, 9.17) is 27.5 Å². The zero-order valence-corrected chi connectivity index (χ0v) is 20.5. The molecule has 0 atom stereocenters. The second kappa shape index (κ2) is 14.3. The highest BCUT2D eigenvalue weighted by Crippen LogP contribution is 2.22. The molecule has 2 aromatic rings. The normalized spacial score (nSPS) is 13.7. The van der Waals surface area contributed by atoms with E-state index in [0.29, 0.717) is 17.8 Å². The van der Waals surface area contributed by atoms with Crippen molar-refractivity contribution in [1.82, 2.24) is 4.90 Å². The summed E-state index contributed by atoms with van der Waals surface area (Å²) in [6.45, 7) is 7.96. The molecule has 1 amide bonds. The van der Waals surface area contributed by atoms with Crippen LogP contribution in [-0.4, -0.2) is 48.9 Å². The van der Waals surface area contributed by atoms with E-state index in [-0.39, 0.29) is 22.5 Å². The van der Waals surface area contributed by atoms with Gasteiger partial charge in [0.2, 0.25) is 5.90 Å². The number of benzene rings is 2. The van der Waals surface area contributed by atoms with E-state index in [1.165, 1.54) is 56.3 Å². The molecule has 1 aliphatic rings. The van der Waals surface area contributed by atoms with Gasteiger partial charge in [-0.15, -0.1) is 0 Å². The standard InChI is InChI=1S/C23H27ClFN5O2.C2H6/c24-19-15-16(29-22(31)18-7-1-2-8-20(18)25)9-10-17(19)21(26)32-23(27)28-11-3-4-12-30-13-5-6-14-30;1-2/h1-2,7-10,15,26H,3-6,11-14H2,(H2,27,28)(H,29,31);1-2H3. The summed E-state index contributed by atoms with van der Waals surface area (Å²) in [6, 6.07) is 10.1. The number of likely N-dealkylation sites (tertiary alicyclic amines) is 1. The number of carbonyl (C=O) groups excluding carboxylic acids is 1. The number of rotatable bonds is 8. The number of hydrogen-bond acceptors (Lipinski definition) is 5. The molecule has 1 saturated heterocycles. The van der Waals surface area contributed by atoms with Crippen LogP contribution in [0.25, 0.3) is 0 Å². The molecule has 0 bridgehead atoms. The molecular weight excluding hydrogens is 457 g/mol. The lowest BCUT2D eigenvalue weighted by Crippen LogP contribution is -2.22. The highest BCUT2D eigenvalue weighted by molar-refractivity contribution is 6.34. The fraction of sp³-hybridized carbons (Fsp3) is 0.400. The van der Waals surface area contributed by atoms with Crippen molar-refractivity contribution in [2.75, 3.05) is 31.5 Å². The average Bonchev–Trinajstić information content (AvgIpc) is 3.34. The Labute approximate surface area is 205 Å². The maximum absolute atomic E-state index is 13.8. The summed E-state index contributed by atoms with van der Waals surface area (Å²) in [6.07, 6.45) is 4.50. The molecule has 4 N–H and O–H groups in total. The summed E-state index contributed by atoms with van der Waals surface area (Å²) in [5.74, 6) is -1.46. The van der Waals surface area contributed by atoms with Crippen molar-refractivity contribution in [3.63, 3.8) is 0 Å². The molecule has 0 radical (unpaired) electrons. The number of unbranched alkanes of at least 4 members (excludes halogenated alkanes) is 1. The van der Waals surface area contributed by atoms with E-state index in [1.807, 2.05) is 13.8 Å². The second-order valence-corrected chi connectivity index (χ2v) is 7.94. The van der Waals surface area contributed by atoms with Gasteiger partial charge in [-0.3, -0.25) is 10.2 Å². The monoisotopic (exact) mass is 489 g/mol. The number of ether oxygens (including phenoxy) is 1. The van der Waals surface area contributed by atoms with Crippen LogP contribution < -0.4 is 11.1 Å². The van der Waals surface area contributed by atoms with E-state index in [2.05, 4.69) is 15.2 Å². The van der Waals surface area contributed by atoms with Crippen LogP contribution in [0.2, 0.25) is 5.02 Å². The molecule has 3 rings (SSSR count). The third kappa shape index (κ3) is 8.43. The number of amidine groups is 1. The lowest BCUT2D eigenvalue weighted by molar-refractivity contribution is 0.102. The van der Waals surface area contributed by atoms with Crippen LogP contribution in [-0.2, 0) is 4.74 Å². The Morgan fingerprint density at radius 3 is 2.56 bits per heavy atom.